The maximum Gasteiger partial charge on any atom is 0.251 e. The van der Waals surface area contributed by atoms with Crippen molar-refractivity contribution in [2.24, 2.45) is 0 Å². The summed E-state index contributed by atoms with van der Waals surface area (Å²) < 4.78 is 24.9. The van der Waals surface area contributed by atoms with Gasteiger partial charge in [0.15, 0.2) is 16.0 Å². The molecule has 0 atom stereocenters. The van der Waals surface area contributed by atoms with Crippen molar-refractivity contribution in [1.29, 1.82) is 0 Å². The maximum absolute atomic E-state index is 12.1. The lowest BCUT2D eigenvalue weighted by Crippen LogP contribution is -2.28. The highest BCUT2D eigenvalue weighted by atomic mass is 35.5. The lowest BCUT2D eigenvalue weighted by Gasteiger charge is -2.05. The highest BCUT2D eigenvalue weighted by molar-refractivity contribution is 8.00. The van der Waals surface area contributed by atoms with Crippen LogP contribution in [0, 0.1) is 5.21 Å². The molecule has 0 aliphatic carbocycles. The van der Waals surface area contributed by atoms with Crippen LogP contribution in [0.15, 0.2) is 58.6 Å². The van der Waals surface area contributed by atoms with Crippen LogP contribution in [0.3, 0.4) is 0 Å². The highest BCUT2D eigenvalue weighted by Gasteiger charge is 2.15. The Hall–Kier alpha value is -1.24. The van der Waals surface area contributed by atoms with Crippen molar-refractivity contribution in [2.75, 3.05) is 11.5 Å². The first-order chi connectivity index (χ1) is 9.49. The first-order valence-corrected chi connectivity index (χ1v) is 8.80. The van der Waals surface area contributed by atoms with Crippen molar-refractivity contribution in [1.82, 2.24) is 0 Å². The van der Waals surface area contributed by atoms with Gasteiger partial charge in [0.1, 0.15) is 0 Å². The van der Waals surface area contributed by atoms with Crippen LogP contribution >= 0.6 is 23.4 Å². The zero-order chi connectivity index (χ0) is 14.6. The molecular formula is C13H12ClNO3S2. The van der Waals surface area contributed by atoms with Gasteiger partial charge in [-0.05, 0) is 30.3 Å². The molecule has 20 heavy (non-hydrogen) atoms. The van der Waals surface area contributed by atoms with Crippen molar-refractivity contribution in [3.63, 3.8) is 0 Å². The molecule has 106 valence electrons. The van der Waals surface area contributed by atoms with Gasteiger partial charge < -0.3 is 5.21 Å². The summed E-state index contributed by atoms with van der Waals surface area (Å²) in [6.45, 7) is 0. The molecule has 0 bridgehead atoms. The zero-order valence-corrected chi connectivity index (χ0v) is 12.8. The van der Waals surface area contributed by atoms with E-state index in [1.807, 2.05) is 0 Å². The third-order valence-electron chi connectivity index (χ3n) is 2.56. The second-order valence-electron chi connectivity index (χ2n) is 3.99. The van der Waals surface area contributed by atoms with Gasteiger partial charge in [-0.2, -0.15) is 4.73 Å². The number of aromatic nitrogens is 1. The van der Waals surface area contributed by atoms with Crippen LogP contribution in [0.5, 0.6) is 0 Å². The minimum absolute atomic E-state index is 0.0335. The first kappa shape index (κ1) is 15.2. The minimum atomic E-state index is -3.35. The highest BCUT2D eigenvalue weighted by Crippen LogP contribution is 2.18. The molecule has 4 nitrogen and oxygen atoms in total. The number of hydrogen-bond donors (Lipinski definition) is 0. The number of hydrogen-bond acceptors (Lipinski definition) is 4. The third-order valence-corrected chi connectivity index (χ3v) is 5.83. The van der Waals surface area contributed by atoms with E-state index in [9.17, 15) is 13.6 Å². The molecular weight excluding hydrogens is 318 g/mol. The monoisotopic (exact) mass is 329 g/mol. The van der Waals surface area contributed by atoms with E-state index in [0.717, 1.165) is 4.73 Å². The average molecular weight is 330 g/mol. The van der Waals surface area contributed by atoms with E-state index in [-0.39, 0.29) is 10.6 Å². The van der Waals surface area contributed by atoms with Crippen LogP contribution in [-0.2, 0) is 9.84 Å². The number of halogens is 1. The molecule has 0 amide bonds. The molecule has 7 heteroatoms. The van der Waals surface area contributed by atoms with Gasteiger partial charge in [-0.1, -0.05) is 23.4 Å². The second kappa shape index (κ2) is 6.47. The molecule has 1 aromatic heterocycles. The number of pyridine rings is 1. The Morgan fingerprint density at radius 3 is 2.50 bits per heavy atom. The summed E-state index contributed by atoms with van der Waals surface area (Å²) in [6, 6.07) is 11.1. The second-order valence-corrected chi connectivity index (χ2v) is 7.65. The fourth-order valence-electron chi connectivity index (χ4n) is 1.54. The normalized spacial score (nSPS) is 11.4. The molecule has 0 spiro atoms. The number of benzene rings is 1. The molecule has 0 aliphatic heterocycles. The van der Waals surface area contributed by atoms with Crippen molar-refractivity contribution >= 4 is 33.2 Å². The minimum Gasteiger partial charge on any atom is -0.618 e. The first-order valence-electron chi connectivity index (χ1n) is 5.78. The van der Waals surface area contributed by atoms with Crippen LogP contribution in [0.25, 0.3) is 0 Å². The van der Waals surface area contributed by atoms with Crippen molar-refractivity contribution in [3.05, 3.63) is 58.9 Å². The topological polar surface area (TPSA) is 61.1 Å². The quantitative estimate of drug-likeness (QED) is 0.480. The Morgan fingerprint density at radius 2 is 1.85 bits per heavy atom. The molecule has 0 aliphatic rings. The van der Waals surface area contributed by atoms with Crippen molar-refractivity contribution in [3.8, 4) is 0 Å². The molecule has 0 saturated carbocycles. The van der Waals surface area contributed by atoms with E-state index in [4.69, 9.17) is 11.6 Å². The van der Waals surface area contributed by atoms with Crippen molar-refractivity contribution in [2.45, 2.75) is 9.92 Å². The third kappa shape index (κ3) is 3.88. The van der Waals surface area contributed by atoms with Gasteiger partial charge in [-0.15, -0.1) is 0 Å². The Bertz CT molecular complexity index is 687. The van der Waals surface area contributed by atoms with Gasteiger partial charge in [0.2, 0.25) is 0 Å². The van der Waals surface area contributed by atoms with Gasteiger partial charge in [0.05, 0.1) is 10.6 Å². The molecule has 0 saturated heterocycles. The van der Waals surface area contributed by atoms with Gasteiger partial charge in [0.25, 0.3) is 5.03 Å². The molecule has 0 unspecified atom stereocenters. The molecule has 2 rings (SSSR count). The van der Waals surface area contributed by atoms with Crippen molar-refractivity contribution < 1.29 is 13.1 Å². The Balaban J connectivity index is 2.00. The lowest BCUT2D eigenvalue weighted by molar-refractivity contribution is -0.645. The Kier molecular flexibility index (Phi) is 4.91. The summed E-state index contributed by atoms with van der Waals surface area (Å²) in [7, 11) is -3.35. The molecule has 2 aromatic rings. The van der Waals surface area contributed by atoms with Crippen LogP contribution in [-0.4, -0.2) is 19.9 Å². The van der Waals surface area contributed by atoms with E-state index in [1.54, 1.807) is 30.3 Å². The SMILES string of the molecule is O=S(=O)(CCSc1cccc[n+]1[O-])c1ccc(Cl)cc1. The zero-order valence-electron chi connectivity index (χ0n) is 10.4. The summed E-state index contributed by atoms with van der Waals surface area (Å²) in [4.78, 5) is 0.241. The standard InChI is InChI=1S/C13H12ClNO3S2/c14-11-4-6-12(7-5-11)20(17,18)10-9-19-13-3-1-2-8-15(13)16/h1-8H,9-10H2. The summed E-state index contributed by atoms with van der Waals surface area (Å²) in [5.41, 5.74) is 0. The predicted octanol–water partition coefficient (Wildman–Crippen LogP) is 2.54. The van der Waals surface area contributed by atoms with Gasteiger partial charge >= 0.3 is 0 Å². The summed E-state index contributed by atoms with van der Waals surface area (Å²) >= 11 is 6.94. The fourth-order valence-corrected chi connectivity index (χ4v) is 4.24. The summed E-state index contributed by atoms with van der Waals surface area (Å²) in [5.74, 6) is 0.283. The van der Waals surface area contributed by atoms with E-state index in [0.29, 0.717) is 15.8 Å². The molecule has 0 fully saturated rings. The van der Waals surface area contributed by atoms with Gasteiger partial charge in [-0.25, -0.2) is 8.42 Å². The summed E-state index contributed by atoms with van der Waals surface area (Å²) in [5, 5.41) is 12.4. The van der Waals surface area contributed by atoms with Crippen LogP contribution in [0.2, 0.25) is 5.02 Å². The summed E-state index contributed by atoms with van der Waals surface area (Å²) in [6.07, 6.45) is 1.38. The molecule has 0 N–H and O–H groups in total. The Labute approximate surface area is 126 Å². The van der Waals surface area contributed by atoms with Crippen LogP contribution < -0.4 is 4.73 Å². The van der Waals surface area contributed by atoms with E-state index in [1.165, 1.54) is 30.1 Å². The van der Waals surface area contributed by atoms with E-state index < -0.39 is 9.84 Å². The van der Waals surface area contributed by atoms with Gasteiger partial charge in [0, 0.05) is 22.9 Å². The molecule has 1 aromatic carbocycles. The molecule has 1 heterocycles. The average Bonchev–Trinajstić information content (AvgIpc) is 2.41. The largest absolute Gasteiger partial charge is 0.618 e. The van der Waals surface area contributed by atoms with Crippen LogP contribution in [0.4, 0.5) is 0 Å². The number of rotatable bonds is 5. The van der Waals surface area contributed by atoms with Crippen LogP contribution in [0.1, 0.15) is 0 Å². The Morgan fingerprint density at radius 1 is 1.15 bits per heavy atom. The fraction of sp³-hybridized carbons (Fsp3) is 0.154. The smallest absolute Gasteiger partial charge is 0.251 e. The van der Waals surface area contributed by atoms with E-state index >= 15 is 0 Å². The van der Waals surface area contributed by atoms with E-state index in [2.05, 4.69) is 0 Å². The van der Waals surface area contributed by atoms with Gasteiger partial charge in [-0.3, -0.25) is 0 Å². The number of nitrogens with zero attached hydrogens (tertiary/aromatic N) is 1. The maximum atomic E-state index is 12.1. The lowest BCUT2D eigenvalue weighted by atomic mass is 10.4. The molecule has 0 radical (unpaired) electrons. The predicted molar refractivity (Wildman–Crippen MR) is 79.6 cm³/mol. The number of thioether (sulfide) groups is 1. The number of sulfone groups is 1.